The van der Waals surface area contributed by atoms with Crippen molar-refractivity contribution in [2.24, 2.45) is 0 Å². The van der Waals surface area contributed by atoms with Gasteiger partial charge in [0.1, 0.15) is 5.69 Å². The van der Waals surface area contributed by atoms with E-state index in [0.29, 0.717) is 0 Å². The summed E-state index contributed by atoms with van der Waals surface area (Å²) >= 11 is 0. The maximum Gasteiger partial charge on any atom is 0.155 e. The van der Waals surface area contributed by atoms with Gasteiger partial charge in [0.05, 0.1) is 0 Å². The molecule has 3 rings (SSSR count). The number of likely N-dealkylation sites (N-methyl/N-ethyl adjacent to an activating group) is 1. The molecule has 0 atom stereocenters. The van der Waals surface area contributed by atoms with Gasteiger partial charge < -0.3 is 9.80 Å². The highest BCUT2D eigenvalue weighted by Gasteiger charge is 2.19. The molecule has 4 heteroatoms. The lowest BCUT2D eigenvalue weighted by Gasteiger charge is -2.33. The number of hydrogen-bond acceptors (Lipinski definition) is 4. The summed E-state index contributed by atoms with van der Waals surface area (Å²) in [6.45, 7) is 4.17. The van der Waals surface area contributed by atoms with Crippen LogP contribution in [0.1, 0.15) is 0 Å². The Morgan fingerprint density at radius 2 is 1.58 bits per heavy atom. The van der Waals surface area contributed by atoms with Gasteiger partial charge in [-0.15, -0.1) is 0 Å². The van der Waals surface area contributed by atoms with Gasteiger partial charge in [-0.05, 0) is 7.05 Å². The first-order valence-electron chi connectivity index (χ1n) is 6.64. The molecule has 98 valence electrons. The Bertz CT molecular complexity index is 533. The van der Waals surface area contributed by atoms with E-state index in [9.17, 15) is 0 Å². The molecule has 0 unspecified atom stereocenters. The zero-order valence-corrected chi connectivity index (χ0v) is 11.2. The Balaban J connectivity index is 1.94. The minimum absolute atomic E-state index is 0.979. The Morgan fingerprint density at radius 3 is 2.32 bits per heavy atom. The maximum absolute atomic E-state index is 4.55. The summed E-state index contributed by atoms with van der Waals surface area (Å²) in [5.41, 5.74) is 2.11. The SMILES string of the molecule is CN1CCN(c2nccnc2-c2ccccc2)CC1. The van der Waals surface area contributed by atoms with Gasteiger partial charge >= 0.3 is 0 Å². The van der Waals surface area contributed by atoms with Crippen molar-refractivity contribution in [3.63, 3.8) is 0 Å². The van der Waals surface area contributed by atoms with E-state index < -0.39 is 0 Å². The second kappa shape index (κ2) is 5.36. The summed E-state index contributed by atoms with van der Waals surface area (Å²) < 4.78 is 0. The van der Waals surface area contributed by atoms with Crippen LogP contribution in [0.15, 0.2) is 42.7 Å². The minimum atomic E-state index is 0.979. The normalized spacial score (nSPS) is 16.6. The van der Waals surface area contributed by atoms with Crippen LogP contribution >= 0.6 is 0 Å². The molecular weight excluding hydrogens is 236 g/mol. The number of hydrogen-bond donors (Lipinski definition) is 0. The predicted octanol–water partition coefficient (Wildman–Crippen LogP) is 1.90. The second-order valence-corrected chi connectivity index (χ2v) is 4.88. The fourth-order valence-corrected chi connectivity index (χ4v) is 2.38. The molecule has 1 aromatic heterocycles. The predicted molar refractivity (Wildman–Crippen MR) is 77.2 cm³/mol. The molecule has 0 amide bonds. The smallest absolute Gasteiger partial charge is 0.155 e. The summed E-state index contributed by atoms with van der Waals surface area (Å²) in [7, 11) is 2.16. The second-order valence-electron chi connectivity index (χ2n) is 4.88. The van der Waals surface area contributed by atoms with Gasteiger partial charge in [0.2, 0.25) is 0 Å². The van der Waals surface area contributed by atoms with E-state index in [1.807, 2.05) is 18.2 Å². The van der Waals surface area contributed by atoms with Crippen molar-refractivity contribution in [2.45, 2.75) is 0 Å². The highest BCUT2D eigenvalue weighted by atomic mass is 15.3. The van der Waals surface area contributed by atoms with Crippen LogP contribution in [-0.4, -0.2) is 48.1 Å². The van der Waals surface area contributed by atoms with Gasteiger partial charge in [0.15, 0.2) is 5.82 Å². The van der Waals surface area contributed by atoms with E-state index in [2.05, 4.69) is 38.9 Å². The van der Waals surface area contributed by atoms with Crippen LogP contribution in [0.4, 0.5) is 5.82 Å². The average molecular weight is 254 g/mol. The van der Waals surface area contributed by atoms with E-state index >= 15 is 0 Å². The number of piperazine rings is 1. The summed E-state index contributed by atoms with van der Waals surface area (Å²) in [5, 5.41) is 0. The molecule has 0 N–H and O–H groups in total. The minimum Gasteiger partial charge on any atom is -0.352 e. The van der Waals surface area contributed by atoms with E-state index in [0.717, 1.165) is 43.3 Å². The van der Waals surface area contributed by atoms with Gasteiger partial charge in [-0.2, -0.15) is 0 Å². The van der Waals surface area contributed by atoms with Crippen LogP contribution in [-0.2, 0) is 0 Å². The Hall–Kier alpha value is -1.94. The molecule has 19 heavy (non-hydrogen) atoms. The standard InChI is InChI=1S/C15H18N4/c1-18-9-11-19(12-10-18)15-14(16-7-8-17-15)13-5-3-2-4-6-13/h2-8H,9-12H2,1H3. The highest BCUT2D eigenvalue weighted by molar-refractivity contribution is 5.71. The van der Waals surface area contributed by atoms with Gasteiger partial charge in [-0.25, -0.2) is 4.98 Å². The van der Waals surface area contributed by atoms with Gasteiger partial charge in [-0.1, -0.05) is 30.3 Å². The molecule has 0 spiro atoms. The lowest BCUT2D eigenvalue weighted by Crippen LogP contribution is -2.45. The van der Waals surface area contributed by atoms with Crippen LogP contribution < -0.4 is 4.90 Å². The Morgan fingerprint density at radius 1 is 0.895 bits per heavy atom. The van der Waals surface area contributed by atoms with Crippen molar-refractivity contribution in [1.29, 1.82) is 0 Å². The third kappa shape index (κ3) is 2.58. The lowest BCUT2D eigenvalue weighted by atomic mass is 10.1. The number of aromatic nitrogens is 2. The van der Waals surface area contributed by atoms with E-state index in [-0.39, 0.29) is 0 Å². The Labute approximate surface area is 113 Å². The van der Waals surface area contributed by atoms with Crippen molar-refractivity contribution >= 4 is 5.82 Å². The van der Waals surface area contributed by atoms with Crippen molar-refractivity contribution in [1.82, 2.24) is 14.9 Å². The average Bonchev–Trinajstić information content (AvgIpc) is 2.49. The third-order valence-electron chi connectivity index (χ3n) is 3.53. The lowest BCUT2D eigenvalue weighted by molar-refractivity contribution is 0.312. The first-order chi connectivity index (χ1) is 9.34. The molecule has 0 aliphatic carbocycles. The number of anilines is 1. The van der Waals surface area contributed by atoms with Gasteiger partial charge in [0, 0.05) is 44.1 Å². The van der Waals surface area contributed by atoms with Crippen LogP contribution in [0, 0.1) is 0 Å². The maximum atomic E-state index is 4.55. The molecular formula is C15H18N4. The van der Waals surface area contributed by atoms with E-state index in [1.165, 1.54) is 0 Å². The largest absolute Gasteiger partial charge is 0.352 e. The molecule has 4 nitrogen and oxygen atoms in total. The Kier molecular flexibility index (Phi) is 3.42. The number of rotatable bonds is 2. The van der Waals surface area contributed by atoms with Crippen molar-refractivity contribution in [2.75, 3.05) is 38.1 Å². The van der Waals surface area contributed by atoms with Crippen LogP contribution in [0.2, 0.25) is 0 Å². The summed E-state index contributed by atoms with van der Waals surface area (Å²) in [6.07, 6.45) is 3.54. The van der Waals surface area contributed by atoms with Crippen LogP contribution in [0.5, 0.6) is 0 Å². The molecule has 1 aromatic carbocycles. The third-order valence-corrected chi connectivity index (χ3v) is 3.53. The summed E-state index contributed by atoms with van der Waals surface area (Å²) in [6, 6.07) is 10.3. The van der Waals surface area contributed by atoms with Gasteiger partial charge in [-0.3, -0.25) is 4.98 Å². The monoisotopic (exact) mass is 254 g/mol. The quantitative estimate of drug-likeness (QED) is 0.819. The zero-order chi connectivity index (χ0) is 13.1. The molecule has 2 heterocycles. The molecule has 1 saturated heterocycles. The van der Waals surface area contributed by atoms with Crippen molar-refractivity contribution < 1.29 is 0 Å². The topological polar surface area (TPSA) is 32.3 Å². The van der Waals surface area contributed by atoms with Crippen molar-refractivity contribution in [3.05, 3.63) is 42.7 Å². The van der Waals surface area contributed by atoms with Crippen LogP contribution in [0.3, 0.4) is 0 Å². The molecule has 1 aliphatic rings. The fourth-order valence-electron chi connectivity index (χ4n) is 2.38. The van der Waals surface area contributed by atoms with Crippen molar-refractivity contribution in [3.8, 4) is 11.3 Å². The number of nitrogens with zero attached hydrogens (tertiary/aromatic N) is 4. The molecule has 1 fully saturated rings. The molecule has 1 aliphatic heterocycles. The molecule has 2 aromatic rings. The summed E-state index contributed by atoms with van der Waals surface area (Å²) in [5.74, 6) is 1.00. The van der Waals surface area contributed by atoms with Gasteiger partial charge in [0.25, 0.3) is 0 Å². The first kappa shape index (κ1) is 12.1. The molecule has 0 radical (unpaired) electrons. The van der Waals surface area contributed by atoms with Crippen LogP contribution in [0.25, 0.3) is 11.3 Å². The highest BCUT2D eigenvalue weighted by Crippen LogP contribution is 2.26. The fraction of sp³-hybridized carbons (Fsp3) is 0.333. The molecule has 0 bridgehead atoms. The number of benzene rings is 1. The first-order valence-corrected chi connectivity index (χ1v) is 6.64. The summed E-state index contributed by atoms with van der Waals surface area (Å²) in [4.78, 5) is 13.7. The zero-order valence-electron chi connectivity index (χ0n) is 11.2. The van der Waals surface area contributed by atoms with E-state index in [4.69, 9.17) is 0 Å². The molecule has 0 saturated carbocycles. The van der Waals surface area contributed by atoms with E-state index in [1.54, 1.807) is 12.4 Å².